The summed E-state index contributed by atoms with van der Waals surface area (Å²) in [6.07, 6.45) is 5.97. The molecular formula is C15H15N5S. The van der Waals surface area contributed by atoms with E-state index < -0.39 is 0 Å². The number of benzene rings is 1. The zero-order chi connectivity index (χ0) is 14.1. The van der Waals surface area contributed by atoms with Gasteiger partial charge in [-0.1, -0.05) is 23.5 Å². The molecular weight excluding hydrogens is 282 g/mol. The molecule has 1 aromatic carbocycles. The molecule has 1 unspecified atom stereocenters. The molecule has 3 aromatic rings. The molecule has 0 bridgehead atoms. The van der Waals surface area contributed by atoms with Crippen molar-refractivity contribution in [2.45, 2.75) is 18.9 Å². The van der Waals surface area contributed by atoms with Gasteiger partial charge in [0.05, 0.1) is 34.3 Å². The lowest BCUT2D eigenvalue weighted by Gasteiger charge is -2.09. The Balaban J connectivity index is 1.53. The summed E-state index contributed by atoms with van der Waals surface area (Å²) >= 11 is 1.62. The average Bonchev–Trinajstić information content (AvgIpc) is 3.17. The first-order valence-corrected chi connectivity index (χ1v) is 7.88. The highest BCUT2D eigenvalue weighted by molar-refractivity contribution is 7.22. The molecule has 6 heteroatoms. The number of anilines is 2. The topological polar surface area (TPSA) is 62.7 Å². The zero-order valence-corrected chi connectivity index (χ0v) is 12.2. The van der Waals surface area contributed by atoms with Crippen LogP contribution >= 0.6 is 11.3 Å². The van der Waals surface area contributed by atoms with Crippen molar-refractivity contribution in [3.8, 4) is 0 Å². The molecule has 0 saturated carbocycles. The van der Waals surface area contributed by atoms with Gasteiger partial charge in [0.25, 0.3) is 0 Å². The van der Waals surface area contributed by atoms with Gasteiger partial charge in [-0.3, -0.25) is 4.98 Å². The summed E-state index contributed by atoms with van der Waals surface area (Å²) < 4.78 is 1.17. The number of para-hydroxylation sites is 1. The molecule has 3 heterocycles. The van der Waals surface area contributed by atoms with Crippen LogP contribution in [0.4, 0.5) is 10.9 Å². The zero-order valence-electron chi connectivity index (χ0n) is 11.4. The first-order chi connectivity index (χ1) is 10.4. The molecule has 1 aliphatic rings. The minimum Gasteiger partial charge on any atom is -0.315 e. The summed E-state index contributed by atoms with van der Waals surface area (Å²) in [5.41, 5.74) is 2.02. The fraction of sp³-hybridized carbons (Fsp3) is 0.267. The Morgan fingerprint density at radius 2 is 2.14 bits per heavy atom. The number of hydrogen-bond donors (Lipinski definition) is 2. The standard InChI is InChI=1S/C15H15N5S/c1-2-6-13-11(4-1)19-15(21-13)20-14-9-17-12(8-18-14)10-5-3-7-16-10/h1-2,4,6,8-10,16H,3,5,7H2,(H,18,19,20). The second-order valence-corrected chi connectivity index (χ2v) is 6.12. The van der Waals surface area contributed by atoms with Crippen molar-refractivity contribution in [2.24, 2.45) is 0 Å². The van der Waals surface area contributed by atoms with Crippen molar-refractivity contribution in [3.05, 3.63) is 42.4 Å². The molecule has 21 heavy (non-hydrogen) atoms. The number of thiazole rings is 1. The predicted octanol–water partition coefficient (Wildman–Crippen LogP) is 3.25. The van der Waals surface area contributed by atoms with E-state index in [2.05, 4.69) is 31.7 Å². The van der Waals surface area contributed by atoms with Crippen LogP contribution in [-0.4, -0.2) is 21.5 Å². The van der Waals surface area contributed by atoms with Crippen molar-refractivity contribution in [2.75, 3.05) is 11.9 Å². The van der Waals surface area contributed by atoms with Crippen LogP contribution in [0.5, 0.6) is 0 Å². The van der Waals surface area contributed by atoms with E-state index in [4.69, 9.17) is 0 Å². The van der Waals surface area contributed by atoms with Gasteiger partial charge >= 0.3 is 0 Å². The van der Waals surface area contributed by atoms with Crippen molar-refractivity contribution in [3.63, 3.8) is 0 Å². The maximum Gasteiger partial charge on any atom is 0.189 e. The van der Waals surface area contributed by atoms with Gasteiger partial charge in [-0.05, 0) is 31.5 Å². The van der Waals surface area contributed by atoms with E-state index in [0.717, 1.165) is 35.1 Å². The SMILES string of the molecule is c1ccc2sc(Nc3cnc(C4CCCN4)cn3)nc2c1. The van der Waals surface area contributed by atoms with E-state index in [9.17, 15) is 0 Å². The molecule has 0 amide bonds. The van der Waals surface area contributed by atoms with Crippen molar-refractivity contribution in [1.82, 2.24) is 20.3 Å². The number of nitrogens with one attached hydrogen (secondary N) is 2. The number of hydrogen-bond acceptors (Lipinski definition) is 6. The molecule has 5 nitrogen and oxygen atoms in total. The lowest BCUT2D eigenvalue weighted by Crippen LogP contribution is -2.14. The van der Waals surface area contributed by atoms with E-state index in [-0.39, 0.29) is 0 Å². The van der Waals surface area contributed by atoms with Gasteiger partial charge in [0.15, 0.2) is 10.9 Å². The number of rotatable bonds is 3. The van der Waals surface area contributed by atoms with Gasteiger partial charge in [0, 0.05) is 0 Å². The summed E-state index contributed by atoms with van der Waals surface area (Å²) in [5, 5.41) is 7.50. The minimum absolute atomic E-state index is 0.356. The molecule has 1 aliphatic heterocycles. The van der Waals surface area contributed by atoms with Crippen LogP contribution in [0.3, 0.4) is 0 Å². The first-order valence-electron chi connectivity index (χ1n) is 7.06. The molecule has 106 valence electrons. The largest absolute Gasteiger partial charge is 0.315 e. The maximum absolute atomic E-state index is 4.54. The Labute approximate surface area is 126 Å². The second-order valence-electron chi connectivity index (χ2n) is 5.09. The summed E-state index contributed by atoms with van der Waals surface area (Å²) in [6, 6.07) is 8.45. The van der Waals surface area contributed by atoms with E-state index >= 15 is 0 Å². The lowest BCUT2D eigenvalue weighted by atomic mass is 10.2. The summed E-state index contributed by atoms with van der Waals surface area (Å²) in [6.45, 7) is 1.07. The minimum atomic E-state index is 0.356. The molecule has 0 radical (unpaired) electrons. The number of aromatic nitrogens is 3. The van der Waals surface area contributed by atoms with Gasteiger partial charge in [0.2, 0.25) is 0 Å². The van der Waals surface area contributed by atoms with Gasteiger partial charge in [-0.25, -0.2) is 9.97 Å². The maximum atomic E-state index is 4.54. The smallest absolute Gasteiger partial charge is 0.189 e. The molecule has 2 N–H and O–H groups in total. The summed E-state index contributed by atoms with van der Waals surface area (Å²) in [4.78, 5) is 13.5. The molecule has 4 rings (SSSR count). The molecule has 1 atom stereocenters. The van der Waals surface area contributed by atoms with Crippen molar-refractivity contribution in [1.29, 1.82) is 0 Å². The fourth-order valence-corrected chi connectivity index (χ4v) is 3.43. The quantitative estimate of drug-likeness (QED) is 0.777. The van der Waals surface area contributed by atoms with Gasteiger partial charge in [-0.2, -0.15) is 0 Å². The molecule has 1 saturated heterocycles. The fourth-order valence-electron chi connectivity index (χ4n) is 2.55. The van der Waals surface area contributed by atoms with Crippen LogP contribution in [0.15, 0.2) is 36.7 Å². The third-order valence-corrected chi connectivity index (χ3v) is 4.57. The lowest BCUT2D eigenvalue weighted by molar-refractivity contribution is 0.624. The predicted molar refractivity (Wildman–Crippen MR) is 84.9 cm³/mol. The van der Waals surface area contributed by atoms with E-state index in [0.29, 0.717) is 6.04 Å². The number of fused-ring (bicyclic) bond motifs is 1. The van der Waals surface area contributed by atoms with Crippen molar-refractivity contribution < 1.29 is 0 Å². The Morgan fingerprint density at radius 3 is 2.90 bits per heavy atom. The Morgan fingerprint density at radius 1 is 1.19 bits per heavy atom. The Bertz CT molecular complexity index is 713. The second kappa shape index (κ2) is 5.38. The van der Waals surface area contributed by atoms with Crippen LogP contribution in [-0.2, 0) is 0 Å². The molecule has 2 aromatic heterocycles. The normalized spacial score (nSPS) is 18.2. The van der Waals surface area contributed by atoms with Crippen LogP contribution in [0.25, 0.3) is 10.2 Å². The molecule has 0 spiro atoms. The highest BCUT2D eigenvalue weighted by Crippen LogP contribution is 2.27. The van der Waals surface area contributed by atoms with E-state index in [1.165, 1.54) is 11.1 Å². The third-order valence-electron chi connectivity index (χ3n) is 3.62. The van der Waals surface area contributed by atoms with Crippen LogP contribution < -0.4 is 10.6 Å². The highest BCUT2D eigenvalue weighted by Gasteiger charge is 2.17. The van der Waals surface area contributed by atoms with E-state index in [1.807, 2.05) is 24.4 Å². The number of nitrogens with zero attached hydrogens (tertiary/aromatic N) is 3. The average molecular weight is 297 g/mol. The van der Waals surface area contributed by atoms with Gasteiger partial charge < -0.3 is 10.6 Å². The highest BCUT2D eigenvalue weighted by atomic mass is 32.1. The Kier molecular flexibility index (Phi) is 3.25. The first kappa shape index (κ1) is 12.7. The Hall–Kier alpha value is -2.05. The summed E-state index contributed by atoms with van der Waals surface area (Å²) in [5.74, 6) is 0.732. The third kappa shape index (κ3) is 2.59. The monoisotopic (exact) mass is 297 g/mol. The molecule has 1 fully saturated rings. The summed E-state index contributed by atoms with van der Waals surface area (Å²) in [7, 11) is 0. The molecule has 0 aliphatic carbocycles. The van der Waals surface area contributed by atoms with Crippen LogP contribution in [0.1, 0.15) is 24.6 Å². The van der Waals surface area contributed by atoms with Crippen LogP contribution in [0, 0.1) is 0 Å². The van der Waals surface area contributed by atoms with Gasteiger partial charge in [0.1, 0.15) is 0 Å². The van der Waals surface area contributed by atoms with E-state index in [1.54, 1.807) is 17.5 Å². The van der Waals surface area contributed by atoms with Gasteiger partial charge in [-0.15, -0.1) is 0 Å². The van der Waals surface area contributed by atoms with Crippen molar-refractivity contribution >= 4 is 32.5 Å². The van der Waals surface area contributed by atoms with Crippen LogP contribution in [0.2, 0.25) is 0 Å².